The van der Waals surface area contributed by atoms with Gasteiger partial charge in [-0.2, -0.15) is 0 Å². The van der Waals surface area contributed by atoms with Crippen molar-refractivity contribution in [2.45, 2.75) is 31.7 Å². The molecule has 3 rings (SSSR count). The Bertz CT molecular complexity index is 1110. The predicted molar refractivity (Wildman–Crippen MR) is 120 cm³/mol. The topological polar surface area (TPSA) is 66.5 Å². The Kier molecular flexibility index (Phi) is 6.57. The Labute approximate surface area is 178 Å². The predicted octanol–water partition coefficient (Wildman–Crippen LogP) is 4.38. The van der Waals surface area contributed by atoms with Crippen LogP contribution in [-0.4, -0.2) is 20.9 Å². The van der Waals surface area contributed by atoms with Gasteiger partial charge in [0.05, 0.1) is 16.6 Å². The summed E-state index contributed by atoms with van der Waals surface area (Å²) in [5.41, 5.74) is 3.36. The first-order valence-electron chi connectivity index (χ1n) is 9.78. The summed E-state index contributed by atoms with van der Waals surface area (Å²) in [6.45, 7) is 5.40. The van der Waals surface area contributed by atoms with Crippen LogP contribution in [0.5, 0.6) is 0 Å². The van der Waals surface area contributed by atoms with Crippen molar-refractivity contribution in [1.29, 1.82) is 0 Å². The highest BCUT2D eigenvalue weighted by molar-refractivity contribution is 7.92. The summed E-state index contributed by atoms with van der Waals surface area (Å²) in [5, 5.41) is 2.91. The van der Waals surface area contributed by atoms with Crippen molar-refractivity contribution >= 4 is 21.6 Å². The second kappa shape index (κ2) is 9.13. The first kappa shape index (κ1) is 21.6. The molecule has 0 heterocycles. The zero-order chi connectivity index (χ0) is 21.7. The lowest BCUT2D eigenvalue weighted by Crippen LogP contribution is -2.41. The molecule has 0 bridgehead atoms. The third kappa shape index (κ3) is 4.89. The van der Waals surface area contributed by atoms with E-state index in [2.05, 4.69) is 5.32 Å². The zero-order valence-corrected chi connectivity index (χ0v) is 18.2. The molecule has 30 heavy (non-hydrogen) atoms. The Morgan fingerprint density at radius 3 is 2.13 bits per heavy atom. The molecule has 6 heteroatoms. The van der Waals surface area contributed by atoms with E-state index in [4.69, 9.17) is 0 Å². The third-order valence-corrected chi connectivity index (χ3v) is 6.73. The molecule has 0 aliphatic carbocycles. The summed E-state index contributed by atoms with van der Waals surface area (Å²) in [6.07, 6.45) is 0. The van der Waals surface area contributed by atoms with Gasteiger partial charge in [-0.1, -0.05) is 66.2 Å². The fourth-order valence-corrected chi connectivity index (χ4v) is 4.73. The molecule has 3 aromatic carbocycles. The molecule has 1 atom stereocenters. The highest BCUT2D eigenvalue weighted by atomic mass is 32.2. The highest BCUT2D eigenvalue weighted by Gasteiger charge is 2.28. The average Bonchev–Trinajstić information content (AvgIpc) is 2.73. The fourth-order valence-electron chi connectivity index (χ4n) is 3.22. The number of nitrogens with one attached hydrogen (secondary N) is 1. The molecule has 0 saturated carbocycles. The first-order chi connectivity index (χ1) is 14.3. The van der Waals surface area contributed by atoms with Crippen molar-refractivity contribution in [2.75, 3.05) is 10.8 Å². The summed E-state index contributed by atoms with van der Waals surface area (Å²) >= 11 is 0. The number of anilines is 1. The highest BCUT2D eigenvalue weighted by Crippen LogP contribution is 2.26. The summed E-state index contributed by atoms with van der Waals surface area (Å²) in [7, 11) is -3.91. The number of hydrogen-bond donors (Lipinski definition) is 1. The standard InChI is InChI=1S/C24H26N2O3S/c1-18-13-15-21(16-14-18)20(3)25-24(27)17-26(23-12-8-7-9-19(23)2)30(28,29)22-10-5-4-6-11-22/h4-16,20H,17H2,1-3H3,(H,25,27)/t20-/m1/s1. The minimum atomic E-state index is -3.91. The van der Waals surface area contributed by atoms with Gasteiger partial charge >= 0.3 is 0 Å². The van der Waals surface area contributed by atoms with Crippen LogP contribution in [0.25, 0.3) is 0 Å². The van der Waals surface area contributed by atoms with Gasteiger partial charge in [-0.15, -0.1) is 0 Å². The van der Waals surface area contributed by atoms with Crippen LogP contribution in [0.2, 0.25) is 0 Å². The molecule has 1 amide bonds. The third-order valence-electron chi connectivity index (χ3n) is 4.96. The van der Waals surface area contributed by atoms with Crippen LogP contribution >= 0.6 is 0 Å². The molecule has 156 valence electrons. The van der Waals surface area contributed by atoms with E-state index in [0.29, 0.717) is 5.69 Å². The molecule has 0 unspecified atom stereocenters. The van der Waals surface area contributed by atoms with Gasteiger partial charge in [0.15, 0.2) is 0 Å². The number of sulfonamides is 1. The Morgan fingerprint density at radius 2 is 1.50 bits per heavy atom. The van der Waals surface area contributed by atoms with E-state index >= 15 is 0 Å². The molecule has 0 radical (unpaired) electrons. The maximum absolute atomic E-state index is 13.4. The van der Waals surface area contributed by atoms with Gasteiger partial charge in [0.2, 0.25) is 5.91 Å². The van der Waals surface area contributed by atoms with E-state index in [1.807, 2.05) is 57.2 Å². The molecule has 0 fully saturated rings. The zero-order valence-electron chi connectivity index (χ0n) is 17.4. The van der Waals surface area contributed by atoms with Crippen molar-refractivity contribution in [3.05, 3.63) is 95.6 Å². The maximum Gasteiger partial charge on any atom is 0.264 e. The monoisotopic (exact) mass is 422 g/mol. The SMILES string of the molecule is Cc1ccc([C@@H](C)NC(=O)CN(c2ccccc2C)S(=O)(=O)c2ccccc2)cc1. The van der Waals surface area contributed by atoms with Gasteiger partial charge in [-0.3, -0.25) is 9.10 Å². The number of para-hydroxylation sites is 1. The molecule has 0 aromatic heterocycles. The summed E-state index contributed by atoms with van der Waals surface area (Å²) in [5.74, 6) is -0.370. The van der Waals surface area contributed by atoms with Crippen LogP contribution < -0.4 is 9.62 Å². The lowest BCUT2D eigenvalue weighted by atomic mass is 10.1. The van der Waals surface area contributed by atoms with Gasteiger partial charge in [0, 0.05) is 0 Å². The number of rotatable bonds is 7. The Hall–Kier alpha value is -3.12. The maximum atomic E-state index is 13.4. The minimum Gasteiger partial charge on any atom is -0.348 e. The summed E-state index contributed by atoms with van der Waals surface area (Å²) in [4.78, 5) is 13.0. The van der Waals surface area contributed by atoms with Crippen molar-refractivity contribution in [3.63, 3.8) is 0 Å². The normalized spacial score (nSPS) is 12.2. The molecular formula is C24H26N2O3S. The number of carbonyl (C=O) groups is 1. The van der Waals surface area contributed by atoms with Gasteiger partial charge in [0.25, 0.3) is 10.0 Å². The minimum absolute atomic E-state index is 0.146. The van der Waals surface area contributed by atoms with Gasteiger partial charge in [0.1, 0.15) is 6.54 Å². The second-order valence-corrected chi connectivity index (χ2v) is 9.17. The van der Waals surface area contributed by atoms with E-state index in [1.54, 1.807) is 30.3 Å². The van der Waals surface area contributed by atoms with Gasteiger partial charge in [-0.25, -0.2) is 8.42 Å². The fraction of sp³-hybridized carbons (Fsp3) is 0.208. The van der Waals surface area contributed by atoms with E-state index in [-0.39, 0.29) is 23.4 Å². The van der Waals surface area contributed by atoms with Gasteiger partial charge in [-0.05, 0) is 50.1 Å². The molecule has 0 spiro atoms. The van der Waals surface area contributed by atoms with Crippen molar-refractivity contribution in [1.82, 2.24) is 5.32 Å². The van der Waals surface area contributed by atoms with E-state index in [9.17, 15) is 13.2 Å². The van der Waals surface area contributed by atoms with Crippen LogP contribution in [0.3, 0.4) is 0 Å². The number of nitrogens with zero attached hydrogens (tertiary/aromatic N) is 1. The quantitative estimate of drug-likeness (QED) is 0.615. The molecule has 3 aromatic rings. The largest absolute Gasteiger partial charge is 0.348 e. The van der Waals surface area contributed by atoms with Crippen LogP contribution in [0, 0.1) is 13.8 Å². The van der Waals surface area contributed by atoms with Crippen LogP contribution in [0.4, 0.5) is 5.69 Å². The van der Waals surface area contributed by atoms with E-state index < -0.39 is 10.0 Å². The first-order valence-corrected chi connectivity index (χ1v) is 11.2. The van der Waals surface area contributed by atoms with Crippen LogP contribution in [0.15, 0.2) is 83.8 Å². The number of hydrogen-bond acceptors (Lipinski definition) is 3. The number of aryl methyl sites for hydroxylation is 2. The van der Waals surface area contributed by atoms with Crippen molar-refractivity contribution < 1.29 is 13.2 Å². The van der Waals surface area contributed by atoms with Crippen LogP contribution in [-0.2, 0) is 14.8 Å². The Balaban J connectivity index is 1.88. The molecule has 0 saturated heterocycles. The van der Waals surface area contributed by atoms with E-state index in [0.717, 1.165) is 16.7 Å². The lowest BCUT2D eigenvalue weighted by Gasteiger charge is -2.26. The number of carbonyl (C=O) groups excluding carboxylic acids is 1. The van der Waals surface area contributed by atoms with Gasteiger partial charge < -0.3 is 5.32 Å². The lowest BCUT2D eigenvalue weighted by molar-refractivity contribution is -0.120. The summed E-state index contributed by atoms with van der Waals surface area (Å²) in [6, 6.07) is 23.0. The molecule has 5 nitrogen and oxygen atoms in total. The molecule has 0 aliphatic rings. The van der Waals surface area contributed by atoms with Crippen molar-refractivity contribution in [2.24, 2.45) is 0 Å². The second-order valence-electron chi connectivity index (χ2n) is 7.31. The van der Waals surface area contributed by atoms with Crippen molar-refractivity contribution in [3.8, 4) is 0 Å². The molecule has 1 N–H and O–H groups in total. The Morgan fingerprint density at radius 1 is 0.900 bits per heavy atom. The molecular weight excluding hydrogens is 396 g/mol. The average molecular weight is 423 g/mol. The van der Waals surface area contributed by atoms with E-state index in [1.165, 1.54) is 16.4 Å². The summed E-state index contributed by atoms with van der Waals surface area (Å²) < 4.78 is 27.9. The molecule has 0 aliphatic heterocycles. The number of benzene rings is 3. The number of amides is 1. The van der Waals surface area contributed by atoms with Crippen LogP contribution in [0.1, 0.15) is 29.7 Å². The smallest absolute Gasteiger partial charge is 0.264 e.